The van der Waals surface area contributed by atoms with E-state index >= 15 is 0 Å². The minimum Gasteiger partial charge on any atom is -0.261 e. The van der Waals surface area contributed by atoms with Crippen molar-refractivity contribution in [2.45, 2.75) is 37.5 Å². The molecule has 2 aliphatic heterocycles. The Morgan fingerprint density at radius 3 is 2.43 bits per heavy atom. The zero-order valence-corrected chi connectivity index (χ0v) is 13.4. The maximum Gasteiger partial charge on any atom is 0.0444 e. The fraction of sp³-hybridized carbons (Fsp3) is 0.316. The Kier molecular flexibility index (Phi) is 3.19. The molecule has 0 aliphatic carbocycles. The normalized spacial score (nSPS) is 31.0. The van der Waals surface area contributed by atoms with Crippen LogP contribution in [0, 0.1) is 0 Å². The van der Waals surface area contributed by atoms with Crippen molar-refractivity contribution >= 4 is 13.2 Å². The van der Waals surface area contributed by atoms with Gasteiger partial charge in [-0.3, -0.25) is 4.98 Å². The minimum atomic E-state index is -0.107. The summed E-state index contributed by atoms with van der Waals surface area (Å²) >= 11 is 0. The van der Waals surface area contributed by atoms with Crippen LogP contribution in [0.4, 0.5) is 0 Å². The Labute approximate surface area is 127 Å². The maximum absolute atomic E-state index is 4.65. The van der Waals surface area contributed by atoms with E-state index in [9.17, 15) is 0 Å². The van der Waals surface area contributed by atoms with Crippen LogP contribution >= 0.6 is 7.92 Å². The van der Waals surface area contributed by atoms with Gasteiger partial charge in [-0.05, 0) is 37.7 Å². The molecule has 0 spiro atoms. The van der Waals surface area contributed by atoms with Crippen LogP contribution in [0.3, 0.4) is 0 Å². The lowest BCUT2D eigenvalue weighted by Crippen LogP contribution is -2.17. The lowest BCUT2D eigenvalue weighted by atomic mass is 9.83. The predicted octanol–water partition coefficient (Wildman–Crippen LogP) is 4.46. The average molecular weight is 293 g/mol. The van der Waals surface area contributed by atoms with E-state index < -0.39 is 0 Å². The van der Waals surface area contributed by atoms with Gasteiger partial charge in [0.2, 0.25) is 0 Å². The molecule has 3 heterocycles. The van der Waals surface area contributed by atoms with Crippen molar-refractivity contribution in [2.75, 3.05) is 0 Å². The average Bonchev–Trinajstić information content (AvgIpc) is 3.04. The van der Waals surface area contributed by atoms with E-state index in [2.05, 4.69) is 61.3 Å². The van der Waals surface area contributed by atoms with Gasteiger partial charge in [0.15, 0.2) is 0 Å². The second kappa shape index (κ2) is 5.07. The van der Waals surface area contributed by atoms with Gasteiger partial charge in [-0.2, -0.15) is 0 Å². The smallest absolute Gasteiger partial charge is 0.0444 e. The summed E-state index contributed by atoms with van der Waals surface area (Å²) in [5, 5.41) is 1.57. The molecule has 21 heavy (non-hydrogen) atoms. The highest BCUT2D eigenvalue weighted by Gasteiger charge is 2.51. The van der Waals surface area contributed by atoms with Gasteiger partial charge in [0.25, 0.3) is 0 Å². The van der Waals surface area contributed by atoms with E-state index in [-0.39, 0.29) is 7.92 Å². The fourth-order valence-corrected chi connectivity index (χ4v) is 8.02. The van der Waals surface area contributed by atoms with Gasteiger partial charge < -0.3 is 0 Å². The van der Waals surface area contributed by atoms with Crippen molar-refractivity contribution in [1.29, 1.82) is 0 Å². The summed E-state index contributed by atoms with van der Waals surface area (Å²) in [5.41, 5.74) is 6.04. The zero-order valence-electron chi connectivity index (χ0n) is 12.5. The van der Waals surface area contributed by atoms with E-state index in [1.807, 2.05) is 12.3 Å². The first-order valence-electron chi connectivity index (χ1n) is 7.69. The molecule has 106 valence electrons. The number of rotatable bonds is 2. The highest BCUT2D eigenvalue weighted by atomic mass is 31.1. The number of hydrogen-bond acceptors (Lipinski definition) is 1. The topological polar surface area (TPSA) is 12.9 Å². The summed E-state index contributed by atoms with van der Waals surface area (Å²) in [6.07, 6.45) is 3.23. The Bertz CT molecular complexity index is 677. The molecule has 1 nitrogen and oxygen atoms in total. The molecule has 4 atom stereocenters. The molecule has 1 unspecified atom stereocenters. The lowest BCUT2D eigenvalue weighted by molar-refractivity contribution is 0.622. The van der Waals surface area contributed by atoms with E-state index in [1.165, 1.54) is 12.1 Å². The van der Waals surface area contributed by atoms with Crippen molar-refractivity contribution in [3.63, 3.8) is 0 Å². The van der Waals surface area contributed by atoms with Gasteiger partial charge in [-0.1, -0.05) is 55.5 Å². The van der Waals surface area contributed by atoms with Crippen molar-refractivity contribution in [2.24, 2.45) is 0 Å². The first kappa shape index (κ1) is 13.2. The van der Waals surface area contributed by atoms with E-state index in [0.717, 1.165) is 5.66 Å². The molecule has 1 fully saturated rings. The third-order valence-corrected chi connectivity index (χ3v) is 8.69. The third-order valence-electron chi connectivity index (χ3n) is 5.18. The van der Waals surface area contributed by atoms with Crippen molar-refractivity contribution < 1.29 is 0 Å². The predicted molar refractivity (Wildman–Crippen MR) is 90.5 cm³/mol. The Hall–Kier alpha value is -1.46. The summed E-state index contributed by atoms with van der Waals surface area (Å²) in [6.45, 7) is 4.71. The number of pyridine rings is 1. The van der Waals surface area contributed by atoms with Gasteiger partial charge in [0.05, 0.1) is 0 Å². The van der Waals surface area contributed by atoms with Crippen LogP contribution in [0.1, 0.15) is 31.9 Å². The van der Waals surface area contributed by atoms with Crippen LogP contribution in [0.2, 0.25) is 0 Å². The van der Waals surface area contributed by atoms with Crippen LogP contribution in [0.25, 0.3) is 0 Å². The SMILES string of the molecule is CC1=C(C)[C@H]2[C@H](c3ccccn3)C[C@@H]1P2c1ccccc1. The standard InChI is InChI=1S/C19H20NP/c1-13-14(2)19-16(17-10-6-7-11-20-17)12-18(13)21(19)15-8-4-3-5-9-15/h3-11,16,18-19H,12H2,1-2H3/t16-,18-,19-,21?/m0/s1. The molecule has 0 amide bonds. The fourth-order valence-electron chi connectivity index (χ4n) is 4.08. The second-order valence-electron chi connectivity index (χ2n) is 6.17. The van der Waals surface area contributed by atoms with Gasteiger partial charge in [0.1, 0.15) is 0 Å². The van der Waals surface area contributed by atoms with Crippen LogP contribution in [0.5, 0.6) is 0 Å². The summed E-state index contributed by atoms with van der Waals surface area (Å²) in [4.78, 5) is 4.65. The van der Waals surface area contributed by atoms with E-state index in [1.54, 1.807) is 16.5 Å². The molecular weight excluding hydrogens is 273 g/mol. The quantitative estimate of drug-likeness (QED) is 0.588. The molecule has 2 aromatic rings. The Morgan fingerprint density at radius 1 is 0.952 bits per heavy atom. The maximum atomic E-state index is 4.65. The van der Waals surface area contributed by atoms with Crippen molar-refractivity contribution in [3.8, 4) is 0 Å². The summed E-state index contributed by atoms with van der Waals surface area (Å²) in [5.74, 6) is 0.617. The van der Waals surface area contributed by atoms with E-state index in [0.29, 0.717) is 11.6 Å². The molecule has 1 saturated heterocycles. The molecule has 0 N–H and O–H groups in total. The number of fused-ring (bicyclic) bond motifs is 2. The second-order valence-corrected chi connectivity index (χ2v) is 8.68. The van der Waals surface area contributed by atoms with Crippen LogP contribution in [-0.4, -0.2) is 16.3 Å². The van der Waals surface area contributed by atoms with Crippen LogP contribution in [0.15, 0.2) is 65.9 Å². The molecule has 0 radical (unpaired) electrons. The minimum absolute atomic E-state index is 0.107. The number of aromatic nitrogens is 1. The highest BCUT2D eigenvalue weighted by Crippen LogP contribution is 2.69. The molecule has 0 saturated carbocycles. The molecule has 1 aromatic heterocycles. The Balaban J connectivity index is 1.77. The van der Waals surface area contributed by atoms with Gasteiger partial charge in [-0.15, -0.1) is 0 Å². The van der Waals surface area contributed by atoms with Gasteiger partial charge in [-0.25, -0.2) is 0 Å². The molecule has 4 rings (SSSR count). The highest BCUT2D eigenvalue weighted by molar-refractivity contribution is 7.68. The van der Waals surface area contributed by atoms with Gasteiger partial charge >= 0.3 is 0 Å². The zero-order chi connectivity index (χ0) is 14.4. The third kappa shape index (κ3) is 1.99. The molecule has 2 aliphatic rings. The van der Waals surface area contributed by atoms with Gasteiger partial charge in [0, 0.05) is 29.1 Å². The van der Waals surface area contributed by atoms with Crippen molar-refractivity contribution in [1.82, 2.24) is 4.98 Å². The molecule has 2 bridgehead atoms. The number of benzene rings is 1. The number of nitrogens with zero attached hydrogens (tertiary/aromatic N) is 1. The van der Waals surface area contributed by atoms with Crippen molar-refractivity contribution in [3.05, 3.63) is 71.6 Å². The summed E-state index contributed by atoms with van der Waals surface area (Å²) in [6, 6.07) is 17.5. The lowest BCUT2D eigenvalue weighted by Gasteiger charge is -2.24. The summed E-state index contributed by atoms with van der Waals surface area (Å²) < 4.78 is 0. The number of hydrogen-bond donors (Lipinski definition) is 0. The monoisotopic (exact) mass is 293 g/mol. The molecule has 2 heteroatoms. The Morgan fingerprint density at radius 2 is 1.71 bits per heavy atom. The van der Waals surface area contributed by atoms with Crippen LogP contribution < -0.4 is 5.30 Å². The molecule has 1 aromatic carbocycles. The first-order valence-corrected chi connectivity index (χ1v) is 9.17. The van der Waals surface area contributed by atoms with E-state index in [4.69, 9.17) is 0 Å². The first-order chi connectivity index (χ1) is 10.3. The summed E-state index contributed by atoms with van der Waals surface area (Å²) in [7, 11) is -0.107. The largest absolute Gasteiger partial charge is 0.261 e. The molecular formula is C19H20NP. The number of allylic oxidation sites excluding steroid dienone is 2. The van der Waals surface area contributed by atoms with Crippen LogP contribution in [-0.2, 0) is 0 Å².